The van der Waals surface area contributed by atoms with Crippen molar-refractivity contribution in [3.05, 3.63) is 68.4 Å². The van der Waals surface area contributed by atoms with E-state index in [9.17, 15) is 9.59 Å². The first-order chi connectivity index (χ1) is 11.0. The first-order valence-electron chi connectivity index (χ1n) is 6.85. The highest BCUT2D eigenvalue weighted by Crippen LogP contribution is 2.30. The number of halogens is 2. The molecule has 0 spiro atoms. The topological polar surface area (TPSA) is 49.4 Å². The van der Waals surface area contributed by atoms with Crippen LogP contribution in [0.2, 0.25) is 0 Å². The van der Waals surface area contributed by atoms with Gasteiger partial charge in [0.1, 0.15) is 10.7 Å². The fraction of sp³-hybridized carbons (Fsp3) is 0.0588. The Morgan fingerprint density at radius 1 is 1.04 bits per heavy atom. The van der Waals surface area contributed by atoms with Gasteiger partial charge in [-0.25, -0.2) is 4.90 Å². The van der Waals surface area contributed by atoms with E-state index in [1.807, 2.05) is 37.3 Å². The summed E-state index contributed by atoms with van der Waals surface area (Å²) in [7, 11) is 0. The zero-order valence-corrected chi connectivity index (χ0v) is 15.1. The molecule has 2 amide bonds. The molecule has 0 saturated heterocycles. The minimum Gasteiger partial charge on any atom is -0.350 e. The summed E-state index contributed by atoms with van der Waals surface area (Å²) in [4.78, 5) is 26.1. The number of aryl methyl sites for hydroxylation is 1. The normalized spacial score (nSPS) is 14.7. The van der Waals surface area contributed by atoms with Gasteiger partial charge in [0.15, 0.2) is 0 Å². The van der Waals surface area contributed by atoms with Gasteiger partial charge in [0, 0.05) is 9.26 Å². The molecule has 0 fully saturated rings. The molecule has 0 radical (unpaired) electrons. The monoisotopic (exact) mass is 438 g/mol. The van der Waals surface area contributed by atoms with Crippen LogP contribution in [0.25, 0.3) is 0 Å². The van der Waals surface area contributed by atoms with Crippen LogP contribution < -0.4 is 10.2 Å². The van der Waals surface area contributed by atoms with Crippen LogP contribution in [0, 0.1) is 10.5 Å². The largest absolute Gasteiger partial charge is 0.350 e. The van der Waals surface area contributed by atoms with Gasteiger partial charge in [-0.15, -0.1) is 0 Å². The molecular weight excluding hydrogens is 427 g/mol. The molecule has 0 atom stereocenters. The van der Waals surface area contributed by atoms with Gasteiger partial charge in [-0.05, 0) is 71.5 Å². The molecule has 0 unspecified atom stereocenters. The molecule has 0 bridgehead atoms. The first-order valence-corrected chi connectivity index (χ1v) is 8.31. The molecular formula is C17H12ClIN2O2. The number of amides is 2. The number of hydrogen-bond acceptors (Lipinski definition) is 3. The van der Waals surface area contributed by atoms with Crippen LogP contribution in [-0.4, -0.2) is 11.8 Å². The van der Waals surface area contributed by atoms with Crippen LogP contribution in [0.15, 0.2) is 59.3 Å². The molecule has 2 aromatic carbocycles. The summed E-state index contributed by atoms with van der Waals surface area (Å²) in [5.74, 6) is -0.973. The maximum Gasteiger partial charge on any atom is 0.283 e. The number of nitrogens with one attached hydrogen (secondary N) is 1. The Labute approximate surface area is 152 Å². The third-order valence-corrected chi connectivity index (χ3v) is 4.47. The summed E-state index contributed by atoms with van der Waals surface area (Å²) in [6.07, 6.45) is 0. The molecule has 116 valence electrons. The highest BCUT2D eigenvalue weighted by atomic mass is 127. The summed E-state index contributed by atoms with van der Waals surface area (Å²) >= 11 is 8.28. The van der Waals surface area contributed by atoms with E-state index >= 15 is 0 Å². The van der Waals surface area contributed by atoms with E-state index in [-0.39, 0.29) is 10.7 Å². The van der Waals surface area contributed by atoms with Crippen LogP contribution in [0.1, 0.15) is 5.56 Å². The van der Waals surface area contributed by atoms with Gasteiger partial charge in [-0.2, -0.15) is 0 Å². The second kappa shape index (κ2) is 6.33. The molecule has 1 N–H and O–H groups in total. The fourth-order valence-electron chi connectivity index (χ4n) is 2.29. The molecule has 4 nitrogen and oxygen atoms in total. The van der Waals surface area contributed by atoms with Crippen LogP contribution in [-0.2, 0) is 9.59 Å². The smallest absolute Gasteiger partial charge is 0.283 e. The maximum atomic E-state index is 12.6. The van der Waals surface area contributed by atoms with Crippen molar-refractivity contribution in [1.82, 2.24) is 0 Å². The Kier molecular flexibility index (Phi) is 4.41. The van der Waals surface area contributed by atoms with Gasteiger partial charge in [0.05, 0.1) is 5.69 Å². The van der Waals surface area contributed by atoms with Crippen LogP contribution in [0.5, 0.6) is 0 Å². The van der Waals surface area contributed by atoms with Crippen molar-refractivity contribution in [2.75, 3.05) is 10.2 Å². The fourth-order valence-corrected chi connectivity index (χ4v) is 2.86. The number of anilines is 2. The summed E-state index contributed by atoms with van der Waals surface area (Å²) in [5, 5.41) is 2.84. The average molecular weight is 439 g/mol. The molecule has 3 rings (SSSR count). The third kappa shape index (κ3) is 3.11. The number of nitrogens with zero attached hydrogens (tertiary/aromatic N) is 1. The molecule has 0 saturated carbocycles. The Balaban J connectivity index is 1.91. The third-order valence-electron chi connectivity index (χ3n) is 3.40. The number of carbonyl (C=O) groups is 2. The van der Waals surface area contributed by atoms with Gasteiger partial charge >= 0.3 is 0 Å². The predicted molar refractivity (Wildman–Crippen MR) is 99.3 cm³/mol. The Morgan fingerprint density at radius 3 is 2.39 bits per heavy atom. The van der Waals surface area contributed by atoms with E-state index in [0.29, 0.717) is 11.4 Å². The Bertz CT molecular complexity index is 831. The quantitative estimate of drug-likeness (QED) is 0.581. The van der Waals surface area contributed by atoms with Crippen molar-refractivity contribution < 1.29 is 9.59 Å². The number of rotatable bonds is 3. The van der Waals surface area contributed by atoms with Crippen LogP contribution >= 0.6 is 34.2 Å². The zero-order valence-electron chi connectivity index (χ0n) is 12.1. The van der Waals surface area contributed by atoms with Crippen molar-refractivity contribution in [1.29, 1.82) is 0 Å². The molecule has 1 heterocycles. The summed E-state index contributed by atoms with van der Waals surface area (Å²) in [6, 6.07) is 14.6. The van der Waals surface area contributed by atoms with Crippen molar-refractivity contribution in [3.8, 4) is 0 Å². The van der Waals surface area contributed by atoms with Crippen molar-refractivity contribution in [3.63, 3.8) is 0 Å². The second-order valence-electron chi connectivity index (χ2n) is 5.11. The van der Waals surface area contributed by atoms with E-state index in [4.69, 9.17) is 11.6 Å². The van der Waals surface area contributed by atoms with Crippen molar-refractivity contribution >= 4 is 57.4 Å². The van der Waals surface area contributed by atoms with Crippen molar-refractivity contribution in [2.24, 2.45) is 0 Å². The SMILES string of the molecule is Cc1cccc(N2C(=O)C(Cl)=C(Nc3ccc(I)cc3)C2=O)c1. The number of imide groups is 1. The molecule has 0 aromatic heterocycles. The van der Waals surface area contributed by atoms with E-state index < -0.39 is 11.8 Å². The van der Waals surface area contributed by atoms with Gasteiger partial charge in [-0.1, -0.05) is 23.7 Å². The summed E-state index contributed by atoms with van der Waals surface area (Å²) < 4.78 is 1.07. The lowest BCUT2D eigenvalue weighted by Gasteiger charge is -2.15. The van der Waals surface area contributed by atoms with Crippen molar-refractivity contribution in [2.45, 2.75) is 6.92 Å². The molecule has 1 aliphatic heterocycles. The molecule has 1 aliphatic rings. The minimum atomic E-state index is -0.518. The van der Waals surface area contributed by atoms with E-state index in [1.165, 1.54) is 0 Å². The molecule has 0 aliphatic carbocycles. The number of benzene rings is 2. The van der Waals surface area contributed by atoms with Gasteiger partial charge in [-0.3, -0.25) is 9.59 Å². The zero-order chi connectivity index (χ0) is 16.6. The number of hydrogen-bond donors (Lipinski definition) is 1. The molecule has 6 heteroatoms. The lowest BCUT2D eigenvalue weighted by atomic mass is 10.2. The van der Waals surface area contributed by atoms with Crippen LogP contribution in [0.4, 0.5) is 11.4 Å². The van der Waals surface area contributed by atoms with Crippen LogP contribution in [0.3, 0.4) is 0 Å². The first kappa shape index (κ1) is 16.0. The van der Waals surface area contributed by atoms with Gasteiger partial charge < -0.3 is 5.32 Å². The van der Waals surface area contributed by atoms with Gasteiger partial charge in [0.2, 0.25) is 0 Å². The highest BCUT2D eigenvalue weighted by Gasteiger charge is 2.38. The van der Waals surface area contributed by atoms with E-state index in [0.717, 1.165) is 14.0 Å². The standard InChI is InChI=1S/C17H12ClIN2O2/c1-10-3-2-4-13(9-10)21-16(22)14(18)15(17(21)23)20-12-7-5-11(19)6-8-12/h2-9,20H,1H3. The average Bonchev–Trinajstić information content (AvgIpc) is 2.73. The molecule has 23 heavy (non-hydrogen) atoms. The number of carbonyl (C=O) groups excluding carboxylic acids is 2. The van der Waals surface area contributed by atoms with E-state index in [2.05, 4.69) is 27.9 Å². The highest BCUT2D eigenvalue weighted by molar-refractivity contribution is 14.1. The maximum absolute atomic E-state index is 12.6. The summed E-state index contributed by atoms with van der Waals surface area (Å²) in [6.45, 7) is 1.90. The Hall–Kier alpha value is -1.86. The lowest BCUT2D eigenvalue weighted by molar-refractivity contribution is -0.120. The predicted octanol–water partition coefficient (Wildman–Crippen LogP) is 4.04. The lowest BCUT2D eigenvalue weighted by Crippen LogP contribution is -2.32. The Morgan fingerprint density at radius 2 is 1.74 bits per heavy atom. The van der Waals surface area contributed by atoms with E-state index in [1.54, 1.807) is 18.2 Å². The van der Waals surface area contributed by atoms with Gasteiger partial charge in [0.25, 0.3) is 11.8 Å². The molecule has 2 aromatic rings. The summed E-state index contributed by atoms with van der Waals surface area (Å²) in [5.41, 5.74) is 2.26. The minimum absolute atomic E-state index is 0.0966. The second-order valence-corrected chi connectivity index (χ2v) is 6.73.